The van der Waals surface area contributed by atoms with Gasteiger partial charge in [0.25, 0.3) is 10.1 Å². The topological polar surface area (TPSA) is 91.7 Å². The van der Waals surface area contributed by atoms with Crippen LogP contribution in [-0.4, -0.2) is 93.1 Å². The van der Waals surface area contributed by atoms with Crippen molar-refractivity contribution in [1.29, 1.82) is 0 Å². The summed E-state index contributed by atoms with van der Waals surface area (Å²) in [6, 6.07) is 0. The van der Waals surface area contributed by atoms with Gasteiger partial charge in [-0.15, -0.1) is 0 Å². The monoisotopic (exact) mass is 424 g/mol. The van der Waals surface area contributed by atoms with Gasteiger partial charge in [0.2, 0.25) is 0 Å². The number of carboxylic acids is 1. The predicted octanol–water partition coefficient (Wildman–Crippen LogP) is 2.72. The molecule has 1 aliphatic rings. The van der Waals surface area contributed by atoms with Gasteiger partial charge < -0.3 is 14.1 Å². The minimum atomic E-state index is -3.84. The van der Waals surface area contributed by atoms with Crippen LogP contribution in [0.2, 0.25) is 0 Å². The standard InChI is InChI=1S/C15H31NO3S.C5H11NO2/c1-4-5-6-7-8-9-10-16(3)11-14(2)15(12-16)13-20(17,18)19;1-6(2,3)4-5(7)8/h14-15H,4-13H2,1-3H3;4H2,1-3H3/p+2. The highest BCUT2D eigenvalue weighted by Crippen LogP contribution is 2.29. The van der Waals surface area contributed by atoms with Crippen LogP contribution in [0.4, 0.5) is 0 Å². The Bertz CT molecular complexity index is 559. The summed E-state index contributed by atoms with van der Waals surface area (Å²) in [5, 5.41) is 8.23. The lowest BCUT2D eigenvalue weighted by atomic mass is 10.0. The van der Waals surface area contributed by atoms with E-state index >= 15 is 0 Å². The minimum Gasteiger partial charge on any atom is -0.477 e. The Kier molecular flexibility index (Phi) is 11.8. The molecule has 0 radical (unpaired) electrons. The first kappa shape index (κ1) is 27.3. The maximum atomic E-state index is 11.1. The Morgan fingerprint density at radius 1 is 1.07 bits per heavy atom. The lowest BCUT2D eigenvalue weighted by molar-refractivity contribution is -0.900. The number of hydrogen-bond acceptors (Lipinski definition) is 3. The van der Waals surface area contributed by atoms with E-state index in [1.165, 1.54) is 38.5 Å². The van der Waals surface area contributed by atoms with Crippen molar-refractivity contribution in [3.8, 4) is 0 Å². The van der Waals surface area contributed by atoms with Crippen LogP contribution < -0.4 is 0 Å². The third kappa shape index (κ3) is 14.3. The van der Waals surface area contributed by atoms with Crippen molar-refractivity contribution in [3.05, 3.63) is 0 Å². The van der Waals surface area contributed by atoms with Crippen LogP contribution in [-0.2, 0) is 14.9 Å². The van der Waals surface area contributed by atoms with Crippen molar-refractivity contribution in [2.24, 2.45) is 11.8 Å². The number of rotatable bonds is 11. The molecule has 3 atom stereocenters. The third-order valence-corrected chi connectivity index (χ3v) is 6.14. The molecule has 168 valence electrons. The normalized spacial score (nSPS) is 25.2. The molecule has 1 rings (SSSR count). The van der Waals surface area contributed by atoms with Crippen molar-refractivity contribution in [2.75, 3.05) is 60.1 Å². The summed E-state index contributed by atoms with van der Waals surface area (Å²) in [5.74, 6) is -0.340. The molecule has 0 aliphatic carbocycles. The molecule has 0 aromatic rings. The largest absolute Gasteiger partial charge is 0.477 e. The van der Waals surface area contributed by atoms with Crippen LogP contribution in [0, 0.1) is 11.8 Å². The van der Waals surface area contributed by atoms with Gasteiger partial charge >= 0.3 is 5.97 Å². The predicted molar refractivity (Wildman–Crippen MR) is 114 cm³/mol. The number of hydrogen-bond donors (Lipinski definition) is 2. The zero-order valence-electron chi connectivity index (χ0n) is 18.9. The second-order valence-corrected chi connectivity index (χ2v) is 11.3. The fourth-order valence-electron chi connectivity index (χ4n) is 4.01. The third-order valence-electron chi connectivity index (χ3n) is 5.29. The number of likely N-dealkylation sites (tertiary alicyclic amines) is 1. The van der Waals surface area contributed by atoms with Crippen LogP contribution in [0.3, 0.4) is 0 Å². The molecular weight excluding hydrogens is 380 g/mol. The van der Waals surface area contributed by atoms with Gasteiger partial charge in [0.05, 0.1) is 53.6 Å². The summed E-state index contributed by atoms with van der Waals surface area (Å²) < 4.78 is 32.6. The van der Waals surface area contributed by atoms with Crippen LogP contribution in [0.1, 0.15) is 52.4 Å². The molecule has 1 aliphatic heterocycles. The van der Waals surface area contributed by atoms with E-state index in [2.05, 4.69) is 20.9 Å². The Balaban J connectivity index is 0.000000769. The highest BCUT2D eigenvalue weighted by molar-refractivity contribution is 7.85. The molecule has 0 bridgehead atoms. The molecule has 0 spiro atoms. The molecule has 0 aromatic heterocycles. The molecule has 1 saturated heterocycles. The second kappa shape index (κ2) is 12.1. The highest BCUT2D eigenvalue weighted by Gasteiger charge is 2.41. The van der Waals surface area contributed by atoms with E-state index in [9.17, 15) is 13.2 Å². The Labute approximate surface area is 172 Å². The van der Waals surface area contributed by atoms with Gasteiger partial charge in [-0.2, -0.15) is 8.42 Å². The molecule has 0 saturated carbocycles. The van der Waals surface area contributed by atoms with Gasteiger partial charge in [-0.25, -0.2) is 4.79 Å². The van der Waals surface area contributed by atoms with Crippen LogP contribution in [0.5, 0.6) is 0 Å². The van der Waals surface area contributed by atoms with E-state index < -0.39 is 16.1 Å². The van der Waals surface area contributed by atoms with Crippen LogP contribution in [0.25, 0.3) is 0 Å². The number of aliphatic carboxylic acids is 1. The fraction of sp³-hybridized carbons (Fsp3) is 0.950. The second-order valence-electron chi connectivity index (χ2n) is 9.80. The zero-order valence-corrected chi connectivity index (χ0v) is 19.7. The number of carbonyl (C=O) groups is 1. The molecule has 2 N–H and O–H groups in total. The van der Waals surface area contributed by atoms with Gasteiger partial charge in [0.15, 0.2) is 6.54 Å². The van der Waals surface area contributed by atoms with Gasteiger partial charge in [-0.05, 0) is 12.8 Å². The molecule has 0 aromatic carbocycles. The SMILES string of the molecule is CCCCCCCC[N+]1(C)CC(C)C(CS(=O)(=O)O)C1.C[N+](C)(C)CC(=O)O. The van der Waals surface area contributed by atoms with Crippen LogP contribution in [0.15, 0.2) is 0 Å². The Morgan fingerprint density at radius 2 is 1.61 bits per heavy atom. The van der Waals surface area contributed by atoms with Gasteiger partial charge in [-0.1, -0.05) is 39.5 Å². The van der Waals surface area contributed by atoms with Gasteiger partial charge in [-0.3, -0.25) is 4.55 Å². The lowest BCUT2D eigenvalue weighted by Gasteiger charge is -2.30. The summed E-state index contributed by atoms with van der Waals surface area (Å²) in [6.07, 6.45) is 7.78. The molecule has 3 unspecified atom stereocenters. The average molecular weight is 425 g/mol. The zero-order chi connectivity index (χ0) is 22.0. The molecule has 1 fully saturated rings. The van der Waals surface area contributed by atoms with E-state index in [0.717, 1.165) is 24.1 Å². The van der Waals surface area contributed by atoms with Crippen molar-refractivity contribution < 1.29 is 31.8 Å². The quantitative estimate of drug-likeness (QED) is 0.302. The van der Waals surface area contributed by atoms with E-state index in [1.54, 1.807) is 0 Å². The maximum absolute atomic E-state index is 11.1. The first-order valence-corrected chi connectivity index (χ1v) is 12.1. The maximum Gasteiger partial charge on any atom is 0.359 e. The number of quaternary nitrogens is 2. The molecule has 0 amide bonds. The molecule has 28 heavy (non-hydrogen) atoms. The summed E-state index contributed by atoms with van der Waals surface area (Å²) in [7, 11) is 3.92. The van der Waals surface area contributed by atoms with Crippen molar-refractivity contribution in [2.45, 2.75) is 52.4 Å². The summed E-state index contributed by atoms with van der Waals surface area (Å²) in [6.45, 7) is 7.58. The molecular formula is C20H44N2O5S+2. The Morgan fingerprint density at radius 3 is 2.04 bits per heavy atom. The highest BCUT2D eigenvalue weighted by atomic mass is 32.2. The van der Waals surface area contributed by atoms with E-state index in [4.69, 9.17) is 9.66 Å². The Hall–Kier alpha value is -0.700. The molecule has 8 heteroatoms. The average Bonchev–Trinajstić information content (AvgIpc) is 2.73. The van der Waals surface area contributed by atoms with E-state index in [-0.39, 0.29) is 18.2 Å². The van der Waals surface area contributed by atoms with Crippen LogP contribution >= 0.6 is 0 Å². The van der Waals surface area contributed by atoms with E-state index in [0.29, 0.717) is 10.4 Å². The smallest absolute Gasteiger partial charge is 0.359 e. The number of nitrogens with zero attached hydrogens (tertiary/aromatic N) is 2. The number of likely N-dealkylation sites (N-methyl/N-ethyl adjacent to an activating group) is 1. The molecule has 1 heterocycles. The summed E-state index contributed by atoms with van der Waals surface area (Å²) in [4.78, 5) is 10.00. The first-order valence-electron chi connectivity index (χ1n) is 10.5. The summed E-state index contributed by atoms with van der Waals surface area (Å²) in [5.41, 5.74) is 0. The van der Waals surface area contributed by atoms with Gasteiger partial charge in [0, 0.05) is 11.8 Å². The minimum absolute atomic E-state index is 0.0709. The number of unbranched alkanes of at least 4 members (excludes halogenated alkanes) is 5. The number of carboxylic acid groups (broad SMARTS) is 1. The van der Waals surface area contributed by atoms with E-state index in [1.807, 2.05) is 21.1 Å². The van der Waals surface area contributed by atoms with Gasteiger partial charge in [0.1, 0.15) is 0 Å². The lowest BCUT2D eigenvalue weighted by Crippen LogP contribution is -2.43. The van der Waals surface area contributed by atoms with Crippen molar-refractivity contribution >= 4 is 16.1 Å². The fourth-order valence-corrected chi connectivity index (χ4v) is 4.99. The van der Waals surface area contributed by atoms with Crippen molar-refractivity contribution in [3.63, 3.8) is 0 Å². The summed E-state index contributed by atoms with van der Waals surface area (Å²) >= 11 is 0. The molecule has 7 nitrogen and oxygen atoms in total. The van der Waals surface area contributed by atoms with Crippen molar-refractivity contribution in [1.82, 2.24) is 0 Å². The first-order chi connectivity index (χ1) is 12.7.